The third-order valence-corrected chi connectivity index (χ3v) is 4.83. The molecule has 0 bridgehead atoms. The molecule has 2 aromatic rings. The molecule has 1 nitrogen and oxygen atoms in total. The highest BCUT2D eigenvalue weighted by Crippen LogP contribution is 2.36. The molecule has 2 aromatic carbocycles. The first-order valence-electron chi connectivity index (χ1n) is 6.87. The van der Waals surface area contributed by atoms with Crippen LogP contribution in [0, 0.1) is 0 Å². The molecule has 1 unspecified atom stereocenters. The maximum Gasteiger partial charge on any atom is 0.0344 e. The van der Waals surface area contributed by atoms with Gasteiger partial charge in [-0.3, -0.25) is 0 Å². The van der Waals surface area contributed by atoms with Gasteiger partial charge in [0.2, 0.25) is 0 Å². The summed E-state index contributed by atoms with van der Waals surface area (Å²) in [6.45, 7) is 2.25. The topological polar surface area (TPSA) is 12.0 Å². The smallest absolute Gasteiger partial charge is 0.0344 e. The van der Waals surface area contributed by atoms with Gasteiger partial charge in [-0.25, -0.2) is 0 Å². The van der Waals surface area contributed by atoms with Gasteiger partial charge < -0.3 is 5.32 Å². The summed E-state index contributed by atoms with van der Waals surface area (Å²) >= 11 is 1.98. The van der Waals surface area contributed by atoms with Crippen LogP contribution in [-0.2, 0) is 0 Å². The Morgan fingerprint density at radius 3 is 2.63 bits per heavy atom. The summed E-state index contributed by atoms with van der Waals surface area (Å²) in [5, 5.41) is 3.78. The van der Waals surface area contributed by atoms with Gasteiger partial charge in [-0.1, -0.05) is 48.5 Å². The third kappa shape index (κ3) is 2.85. The normalized spacial score (nSPS) is 19.7. The van der Waals surface area contributed by atoms with Gasteiger partial charge in [-0.05, 0) is 36.3 Å². The number of thioether (sulfide) groups is 1. The second-order valence-corrected chi connectivity index (χ2v) is 6.16. The van der Waals surface area contributed by atoms with E-state index in [2.05, 4.69) is 66.8 Å². The number of rotatable bonds is 3. The summed E-state index contributed by atoms with van der Waals surface area (Å²) in [5.74, 6) is 1.20. The van der Waals surface area contributed by atoms with E-state index in [1.807, 2.05) is 11.8 Å². The summed E-state index contributed by atoms with van der Waals surface area (Å²) in [6.07, 6.45) is 1.21. The number of fused-ring (bicyclic) bond motifs is 1. The van der Waals surface area contributed by atoms with Crippen LogP contribution in [0.3, 0.4) is 0 Å². The molecule has 19 heavy (non-hydrogen) atoms. The van der Waals surface area contributed by atoms with Gasteiger partial charge in [0.25, 0.3) is 0 Å². The van der Waals surface area contributed by atoms with Crippen LogP contribution >= 0.6 is 11.8 Å². The Morgan fingerprint density at radius 2 is 1.79 bits per heavy atom. The third-order valence-electron chi connectivity index (χ3n) is 3.71. The standard InChI is InChI=1S/C17H19NS/c1-13(14-7-3-2-4-8-14)18-16-11-12-19-17-10-6-5-9-15(16)17/h2-10,13,16,18H,11-12H2,1H3/t13-,16?/m0/s1. The van der Waals surface area contributed by atoms with Crippen LogP contribution in [0.5, 0.6) is 0 Å². The monoisotopic (exact) mass is 269 g/mol. The molecule has 2 heteroatoms. The molecular weight excluding hydrogens is 250 g/mol. The van der Waals surface area contributed by atoms with Gasteiger partial charge in [0, 0.05) is 17.0 Å². The average molecular weight is 269 g/mol. The Bertz CT molecular complexity index is 538. The fraction of sp³-hybridized carbons (Fsp3) is 0.294. The Balaban J connectivity index is 1.78. The lowest BCUT2D eigenvalue weighted by atomic mass is 10.0. The van der Waals surface area contributed by atoms with Crippen molar-refractivity contribution < 1.29 is 0 Å². The Hall–Kier alpha value is -1.25. The van der Waals surface area contributed by atoms with Crippen molar-refractivity contribution in [1.29, 1.82) is 0 Å². The van der Waals surface area contributed by atoms with E-state index in [0.717, 1.165) is 0 Å². The lowest BCUT2D eigenvalue weighted by Crippen LogP contribution is -2.27. The predicted molar refractivity (Wildman–Crippen MR) is 82.5 cm³/mol. The lowest BCUT2D eigenvalue weighted by molar-refractivity contribution is 0.450. The molecule has 0 saturated carbocycles. The van der Waals surface area contributed by atoms with E-state index in [9.17, 15) is 0 Å². The molecule has 0 radical (unpaired) electrons. The molecule has 0 aliphatic carbocycles. The zero-order valence-corrected chi connectivity index (χ0v) is 12.0. The van der Waals surface area contributed by atoms with Crippen LogP contribution in [0.4, 0.5) is 0 Å². The Labute approximate surface area is 119 Å². The van der Waals surface area contributed by atoms with Crippen LogP contribution in [-0.4, -0.2) is 5.75 Å². The number of nitrogens with one attached hydrogen (secondary N) is 1. The van der Waals surface area contributed by atoms with Crippen LogP contribution in [0.25, 0.3) is 0 Å². The molecule has 0 aromatic heterocycles. The quantitative estimate of drug-likeness (QED) is 0.875. The minimum Gasteiger partial charge on any atom is -0.303 e. The highest BCUT2D eigenvalue weighted by Gasteiger charge is 2.21. The van der Waals surface area contributed by atoms with E-state index in [-0.39, 0.29) is 0 Å². The molecular formula is C17H19NS. The van der Waals surface area contributed by atoms with Crippen molar-refractivity contribution in [3.8, 4) is 0 Å². The van der Waals surface area contributed by atoms with E-state index >= 15 is 0 Å². The summed E-state index contributed by atoms with van der Waals surface area (Å²) in [6, 6.07) is 20.3. The molecule has 1 aliphatic rings. The van der Waals surface area contributed by atoms with Crippen molar-refractivity contribution in [3.05, 3.63) is 65.7 Å². The number of hydrogen-bond donors (Lipinski definition) is 1. The van der Waals surface area contributed by atoms with Gasteiger partial charge in [-0.2, -0.15) is 0 Å². The molecule has 1 heterocycles. The van der Waals surface area contributed by atoms with Crippen molar-refractivity contribution >= 4 is 11.8 Å². The van der Waals surface area contributed by atoms with E-state index in [4.69, 9.17) is 0 Å². The Morgan fingerprint density at radius 1 is 1.05 bits per heavy atom. The van der Waals surface area contributed by atoms with Crippen molar-refractivity contribution in [2.75, 3.05) is 5.75 Å². The first-order chi connectivity index (χ1) is 9.34. The highest BCUT2D eigenvalue weighted by molar-refractivity contribution is 7.99. The van der Waals surface area contributed by atoms with Crippen molar-refractivity contribution in [2.24, 2.45) is 0 Å². The van der Waals surface area contributed by atoms with Crippen molar-refractivity contribution in [1.82, 2.24) is 5.32 Å². The van der Waals surface area contributed by atoms with Crippen molar-refractivity contribution in [2.45, 2.75) is 30.3 Å². The second-order valence-electron chi connectivity index (χ2n) is 5.03. The molecule has 0 amide bonds. The minimum atomic E-state index is 0.391. The summed E-state index contributed by atoms with van der Waals surface area (Å²) in [5.41, 5.74) is 2.82. The molecule has 98 valence electrons. The highest BCUT2D eigenvalue weighted by atomic mass is 32.2. The van der Waals surface area contributed by atoms with Gasteiger partial charge in [0.05, 0.1) is 0 Å². The zero-order valence-electron chi connectivity index (χ0n) is 11.2. The molecule has 0 spiro atoms. The van der Waals surface area contributed by atoms with Crippen LogP contribution in [0.2, 0.25) is 0 Å². The van der Waals surface area contributed by atoms with Crippen LogP contribution < -0.4 is 5.32 Å². The first kappa shape index (κ1) is 12.8. The lowest BCUT2D eigenvalue weighted by Gasteiger charge is -2.29. The molecule has 2 atom stereocenters. The molecule has 1 aliphatic heterocycles. The van der Waals surface area contributed by atoms with Crippen LogP contribution in [0.1, 0.15) is 36.6 Å². The predicted octanol–water partition coefficient (Wildman–Crippen LogP) is 4.57. The van der Waals surface area contributed by atoms with E-state index in [1.54, 1.807) is 0 Å². The molecule has 3 rings (SSSR count). The second kappa shape index (κ2) is 5.81. The SMILES string of the molecule is C[C@H](NC1CCSc2ccccc21)c1ccccc1. The van der Waals surface area contributed by atoms with Gasteiger partial charge in [0.1, 0.15) is 0 Å². The maximum absolute atomic E-state index is 3.78. The minimum absolute atomic E-state index is 0.391. The maximum atomic E-state index is 3.78. The number of hydrogen-bond acceptors (Lipinski definition) is 2. The van der Waals surface area contributed by atoms with Gasteiger partial charge in [0.15, 0.2) is 0 Å². The Kier molecular flexibility index (Phi) is 3.90. The van der Waals surface area contributed by atoms with Gasteiger partial charge in [-0.15, -0.1) is 11.8 Å². The molecule has 0 fully saturated rings. The molecule has 0 saturated heterocycles. The fourth-order valence-electron chi connectivity index (χ4n) is 2.65. The fourth-order valence-corrected chi connectivity index (χ4v) is 3.78. The van der Waals surface area contributed by atoms with E-state index in [1.165, 1.54) is 28.2 Å². The van der Waals surface area contributed by atoms with Crippen molar-refractivity contribution in [3.63, 3.8) is 0 Å². The summed E-state index contributed by atoms with van der Waals surface area (Å²) < 4.78 is 0. The summed E-state index contributed by atoms with van der Waals surface area (Å²) in [7, 11) is 0. The average Bonchev–Trinajstić information content (AvgIpc) is 2.48. The largest absolute Gasteiger partial charge is 0.303 e. The van der Waals surface area contributed by atoms with E-state index in [0.29, 0.717) is 12.1 Å². The first-order valence-corrected chi connectivity index (χ1v) is 7.86. The van der Waals surface area contributed by atoms with Gasteiger partial charge >= 0.3 is 0 Å². The summed E-state index contributed by atoms with van der Waals surface area (Å²) in [4.78, 5) is 1.44. The number of benzene rings is 2. The molecule has 1 N–H and O–H groups in total. The van der Waals surface area contributed by atoms with Crippen LogP contribution in [0.15, 0.2) is 59.5 Å². The zero-order chi connectivity index (χ0) is 13.1. The van der Waals surface area contributed by atoms with E-state index < -0.39 is 0 Å².